The molecule has 45 heavy (non-hydrogen) atoms. The Morgan fingerprint density at radius 1 is 0.578 bits per heavy atom. The zero-order valence-corrected chi connectivity index (χ0v) is 32.2. The topological polar surface area (TPSA) is 55.8 Å². The maximum Gasteiger partial charge on any atom is 0.584 e. The van der Waals surface area contributed by atoms with Crippen molar-refractivity contribution in [3.63, 3.8) is 0 Å². The highest BCUT2D eigenvalue weighted by Gasteiger charge is 2.35. The van der Waals surface area contributed by atoms with Crippen molar-refractivity contribution in [1.29, 1.82) is 0 Å². The van der Waals surface area contributed by atoms with Crippen molar-refractivity contribution in [2.45, 2.75) is 182 Å². The van der Waals surface area contributed by atoms with Crippen molar-refractivity contribution < 1.29 is 18.5 Å². The molecule has 5 heteroatoms. The van der Waals surface area contributed by atoms with Crippen molar-refractivity contribution in [2.24, 2.45) is 0 Å². The Bertz CT molecular complexity index is 1270. The van der Waals surface area contributed by atoms with Crippen LogP contribution in [0, 0.1) is 0 Å². The Kier molecular flexibility index (Phi) is 13.9. The van der Waals surface area contributed by atoms with Gasteiger partial charge in [0.05, 0.1) is 0 Å². The number of hydrogen-bond donors (Lipinski definition) is 1. The normalized spacial score (nSPS) is 14.4. The molecule has 0 heterocycles. The molecule has 2 aromatic rings. The highest BCUT2D eigenvalue weighted by atomic mass is 31.2. The summed E-state index contributed by atoms with van der Waals surface area (Å²) in [5, 5.41) is 0. The second-order valence-electron chi connectivity index (χ2n) is 17.3. The molecule has 2 aromatic carbocycles. The third-order valence-corrected chi connectivity index (χ3v) is 9.55. The smallest absolute Gasteiger partial charge is 0.395 e. The van der Waals surface area contributed by atoms with E-state index >= 15 is 0 Å². The number of hydrogen-bond acceptors (Lipinski definition) is 3. The third-order valence-electron chi connectivity index (χ3n) is 8.69. The number of phosphoric ester groups is 1. The molecule has 256 valence electrons. The predicted octanol–water partition coefficient (Wildman–Crippen LogP) is 12.9. The average molecular weight is 643 g/mol. The first kappa shape index (κ1) is 39.4. The highest BCUT2D eigenvalue weighted by molar-refractivity contribution is 7.48. The molecule has 0 bridgehead atoms. The molecule has 0 saturated carbocycles. The van der Waals surface area contributed by atoms with Crippen LogP contribution in [0.25, 0.3) is 0 Å². The molecule has 2 rings (SSSR count). The number of rotatable bonds is 15. The van der Waals surface area contributed by atoms with Crippen LogP contribution in [0.2, 0.25) is 0 Å². The van der Waals surface area contributed by atoms with E-state index in [1.807, 2.05) is 18.2 Å². The van der Waals surface area contributed by atoms with Gasteiger partial charge in [-0.2, -0.15) is 0 Å². The Labute approximate surface area is 277 Å². The number of unbranched alkanes of at least 4 members (excludes halogenated alkanes) is 9. The fourth-order valence-electron chi connectivity index (χ4n) is 6.21. The SMILES string of the molecule is CCCCCCCCCCCCc1c(C(C)(C)C)ccc(OP(=O)(O)Oc2ccc(C(C)(C)C)cc2C(C)(C)C)c1C(C)(C)C. The van der Waals surface area contributed by atoms with E-state index in [0.717, 1.165) is 29.5 Å². The van der Waals surface area contributed by atoms with Gasteiger partial charge in [-0.1, -0.05) is 166 Å². The van der Waals surface area contributed by atoms with Crippen LogP contribution in [-0.2, 0) is 32.6 Å². The predicted molar refractivity (Wildman–Crippen MR) is 194 cm³/mol. The van der Waals surface area contributed by atoms with Crippen LogP contribution in [0.3, 0.4) is 0 Å². The van der Waals surface area contributed by atoms with Crippen molar-refractivity contribution in [3.8, 4) is 11.5 Å². The van der Waals surface area contributed by atoms with Gasteiger partial charge in [0, 0.05) is 11.1 Å². The van der Waals surface area contributed by atoms with E-state index in [-0.39, 0.29) is 21.7 Å². The second-order valence-corrected chi connectivity index (χ2v) is 18.6. The summed E-state index contributed by atoms with van der Waals surface area (Å²) >= 11 is 0. The monoisotopic (exact) mass is 642 g/mol. The largest absolute Gasteiger partial charge is 0.584 e. The summed E-state index contributed by atoms with van der Waals surface area (Å²) in [7, 11) is -4.52. The maximum absolute atomic E-state index is 13.7. The van der Waals surface area contributed by atoms with Crippen LogP contribution < -0.4 is 9.05 Å². The van der Waals surface area contributed by atoms with E-state index < -0.39 is 7.82 Å². The quantitative estimate of drug-likeness (QED) is 0.155. The van der Waals surface area contributed by atoms with Gasteiger partial charge < -0.3 is 9.05 Å². The molecule has 0 aromatic heterocycles. The summed E-state index contributed by atoms with van der Waals surface area (Å²) in [6.07, 6.45) is 13.8. The fraction of sp³-hybridized carbons (Fsp3) is 0.700. The molecule has 0 radical (unpaired) electrons. The lowest BCUT2D eigenvalue weighted by Crippen LogP contribution is -2.22. The maximum atomic E-state index is 13.7. The molecule has 0 amide bonds. The minimum Gasteiger partial charge on any atom is -0.395 e. The molecule has 1 N–H and O–H groups in total. The molecule has 0 aliphatic heterocycles. The molecule has 4 nitrogen and oxygen atoms in total. The van der Waals surface area contributed by atoms with Gasteiger partial charge in [-0.3, -0.25) is 4.89 Å². The van der Waals surface area contributed by atoms with Crippen LogP contribution >= 0.6 is 7.82 Å². The van der Waals surface area contributed by atoms with Gasteiger partial charge in [-0.05, 0) is 63.3 Å². The lowest BCUT2D eigenvalue weighted by atomic mass is 9.74. The molecule has 1 atom stereocenters. The van der Waals surface area contributed by atoms with E-state index in [1.165, 1.54) is 68.9 Å². The highest BCUT2D eigenvalue weighted by Crippen LogP contribution is 2.51. The summed E-state index contributed by atoms with van der Waals surface area (Å²) in [6.45, 7) is 28.2. The average Bonchev–Trinajstić information content (AvgIpc) is 2.86. The summed E-state index contributed by atoms with van der Waals surface area (Å²) < 4.78 is 25.7. The minimum absolute atomic E-state index is 0.0565. The first-order valence-corrected chi connectivity index (χ1v) is 19.1. The summed E-state index contributed by atoms with van der Waals surface area (Å²) in [5.74, 6) is 0.822. The summed E-state index contributed by atoms with van der Waals surface area (Å²) in [5.41, 5.74) is 4.85. The Hall–Kier alpha value is -1.77. The summed E-state index contributed by atoms with van der Waals surface area (Å²) in [4.78, 5) is 11.2. The first-order valence-electron chi connectivity index (χ1n) is 17.6. The molecule has 0 saturated heterocycles. The molecular weight excluding hydrogens is 575 g/mol. The third kappa shape index (κ3) is 12.4. The Morgan fingerprint density at radius 3 is 1.51 bits per heavy atom. The zero-order valence-electron chi connectivity index (χ0n) is 31.3. The molecular formula is C40H67O4P. The van der Waals surface area contributed by atoms with E-state index in [9.17, 15) is 9.46 Å². The van der Waals surface area contributed by atoms with Gasteiger partial charge in [-0.15, -0.1) is 0 Å². The lowest BCUT2D eigenvalue weighted by molar-refractivity contribution is 0.285. The first-order chi connectivity index (χ1) is 20.6. The molecule has 0 spiro atoms. The van der Waals surface area contributed by atoms with E-state index in [1.54, 1.807) is 0 Å². The summed E-state index contributed by atoms with van der Waals surface area (Å²) in [6, 6.07) is 9.86. The van der Waals surface area contributed by atoms with Gasteiger partial charge in [0.1, 0.15) is 11.5 Å². The van der Waals surface area contributed by atoms with Crippen molar-refractivity contribution in [3.05, 3.63) is 58.1 Å². The van der Waals surface area contributed by atoms with E-state index in [4.69, 9.17) is 9.05 Å². The van der Waals surface area contributed by atoms with Crippen LogP contribution in [0.5, 0.6) is 11.5 Å². The molecule has 0 fully saturated rings. The number of benzene rings is 2. The fourth-order valence-corrected chi connectivity index (χ4v) is 7.05. The second kappa shape index (κ2) is 15.9. The van der Waals surface area contributed by atoms with E-state index in [0.29, 0.717) is 11.5 Å². The van der Waals surface area contributed by atoms with Crippen LogP contribution in [0.4, 0.5) is 0 Å². The van der Waals surface area contributed by atoms with Crippen molar-refractivity contribution >= 4 is 7.82 Å². The van der Waals surface area contributed by atoms with Gasteiger partial charge in [0.2, 0.25) is 0 Å². The van der Waals surface area contributed by atoms with Gasteiger partial charge in [-0.25, -0.2) is 4.57 Å². The van der Waals surface area contributed by atoms with Crippen LogP contribution in [0.1, 0.15) is 182 Å². The van der Waals surface area contributed by atoms with Gasteiger partial charge in [0.25, 0.3) is 0 Å². The minimum atomic E-state index is -4.52. The van der Waals surface area contributed by atoms with Crippen LogP contribution in [-0.4, -0.2) is 4.89 Å². The zero-order chi connectivity index (χ0) is 34.3. The van der Waals surface area contributed by atoms with E-state index in [2.05, 4.69) is 102 Å². The Balaban J connectivity index is 2.37. The molecule has 0 aliphatic carbocycles. The number of phosphoric acid groups is 1. The standard InChI is InChI=1S/C40H67O4P/c1-14-15-16-17-18-19-20-21-22-23-24-31-32(38(5,6)7)26-28-35(36(31)40(11,12)13)44-45(41,42)43-34-27-25-30(37(2,3)4)29-33(34)39(8,9)10/h25-29H,14-24H2,1-13H3,(H,41,42). The molecule has 0 aliphatic rings. The van der Waals surface area contributed by atoms with Crippen molar-refractivity contribution in [1.82, 2.24) is 0 Å². The molecule has 1 unspecified atom stereocenters. The Morgan fingerprint density at radius 2 is 1.04 bits per heavy atom. The van der Waals surface area contributed by atoms with Crippen LogP contribution in [0.15, 0.2) is 30.3 Å². The van der Waals surface area contributed by atoms with Gasteiger partial charge in [0.15, 0.2) is 0 Å². The van der Waals surface area contributed by atoms with Gasteiger partial charge >= 0.3 is 7.82 Å². The van der Waals surface area contributed by atoms with Crippen molar-refractivity contribution in [2.75, 3.05) is 0 Å². The lowest BCUT2D eigenvalue weighted by Gasteiger charge is -2.32.